The van der Waals surface area contributed by atoms with Crippen molar-refractivity contribution in [2.45, 2.75) is 32.5 Å². The number of carbonyl (C=O) groups is 1. The van der Waals surface area contributed by atoms with Gasteiger partial charge in [0, 0.05) is 5.56 Å². The Morgan fingerprint density at radius 2 is 1.79 bits per heavy atom. The highest BCUT2D eigenvalue weighted by molar-refractivity contribution is 5.78. The second kappa shape index (κ2) is 6.00. The Morgan fingerprint density at radius 1 is 1.21 bits per heavy atom. The predicted molar refractivity (Wildman–Crippen MR) is 79.0 cm³/mol. The molecule has 0 atom stereocenters. The lowest BCUT2D eigenvalue weighted by Gasteiger charge is -2.21. The van der Waals surface area contributed by atoms with Crippen LogP contribution in [0, 0.1) is 11.3 Å². The predicted octanol–water partition coefficient (Wildman–Crippen LogP) is 4.22. The molecule has 0 radical (unpaired) electrons. The summed E-state index contributed by atoms with van der Waals surface area (Å²) < 4.78 is 45.0. The average Bonchev–Trinajstić information content (AvgIpc) is 2.90. The van der Waals surface area contributed by atoms with Crippen LogP contribution in [0.4, 0.5) is 18.0 Å². The smallest absolute Gasteiger partial charge is 0.433 e. The van der Waals surface area contributed by atoms with Crippen LogP contribution in [0.5, 0.6) is 0 Å². The molecule has 126 valence electrons. The summed E-state index contributed by atoms with van der Waals surface area (Å²) in [5.41, 5.74) is -1.59. The van der Waals surface area contributed by atoms with Crippen molar-refractivity contribution in [3.8, 4) is 17.5 Å². The van der Waals surface area contributed by atoms with Gasteiger partial charge >= 0.3 is 12.3 Å². The van der Waals surface area contributed by atoms with Crippen molar-refractivity contribution >= 4 is 6.09 Å². The summed E-state index contributed by atoms with van der Waals surface area (Å²) in [6, 6.07) is 7.60. The normalized spacial score (nSPS) is 11.9. The highest BCUT2D eigenvalue weighted by Gasteiger charge is 2.39. The molecule has 8 heteroatoms. The standard InChI is InChI=1S/C16H14F3N3O2/c1-15(2,3)24-14(23)22-12(16(17,18)19)9-21-13(22)11-6-4-10(8-20)5-7-11/h4-7,9H,1-3H3. The van der Waals surface area contributed by atoms with E-state index in [1.165, 1.54) is 24.3 Å². The Bertz CT molecular complexity index is 794. The van der Waals surface area contributed by atoms with E-state index in [4.69, 9.17) is 10.00 Å². The number of nitriles is 1. The maximum atomic E-state index is 13.2. The molecule has 0 fully saturated rings. The van der Waals surface area contributed by atoms with Crippen LogP contribution in [0.25, 0.3) is 11.4 Å². The lowest BCUT2D eigenvalue weighted by atomic mass is 10.1. The summed E-state index contributed by atoms with van der Waals surface area (Å²) in [7, 11) is 0. The van der Waals surface area contributed by atoms with Crippen LogP contribution in [0.1, 0.15) is 32.0 Å². The minimum atomic E-state index is -4.77. The lowest BCUT2D eigenvalue weighted by Crippen LogP contribution is -2.30. The first-order valence-corrected chi connectivity index (χ1v) is 6.92. The molecule has 0 saturated heterocycles. The molecule has 0 aliphatic heterocycles. The third-order valence-electron chi connectivity index (χ3n) is 2.90. The number of benzene rings is 1. The second-order valence-corrected chi connectivity index (χ2v) is 5.97. The summed E-state index contributed by atoms with van der Waals surface area (Å²) in [6.07, 6.45) is -5.36. The fourth-order valence-corrected chi connectivity index (χ4v) is 1.94. The molecule has 0 aliphatic carbocycles. The largest absolute Gasteiger partial charge is 0.443 e. The van der Waals surface area contributed by atoms with E-state index in [-0.39, 0.29) is 11.4 Å². The maximum Gasteiger partial charge on any atom is 0.433 e. The monoisotopic (exact) mass is 337 g/mol. The van der Waals surface area contributed by atoms with E-state index in [0.29, 0.717) is 16.3 Å². The second-order valence-electron chi connectivity index (χ2n) is 5.97. The van der Waals surface area contributed by atoms with E-state index < -0.39 is 23.6 Å². The Balaban J connectivity index is 2.58. The van der Waals surface area contributed by atoms with Gasteiger partial charge in [-0.15, -0.1) is 0 Å². The topological polar surface area (TPSA) is 67.9 Å². The fraction of sp³-hybridized carbons (Fsp3) is 0.312. The minimum absolute atomic E-state index is 0.207. The van der Waals surface area contributed by atoms with Gasteiger partial charge in [-0.25, -0.2) is 14.3 Å². The van der Waals surface area contributed by atoms with Gasteiger partial charge in [-0.2, -0.15) is 18.4 Å². The number of alkyl halides is 3. The van der Waals surface area contributed by atoms with Crippen LogP contribution in [0.2, 0.25) is 0 Å². The minimum Gasteiger partial charge on any atom is -0.443 e. The van der Waals surface area contributed by atoms with Crippen molar-refractivity contribution in [2.24, 2.45) is 0 Å². The number of carbonyl (C=O) groups excluding carboxylic acids is 1. The summed E-state index contributed by atoms with van der Waals surface area (Å²) in [5.74, 6) is -0.207. The average molecular weight is 337 g/mol. The van der Waals surface area contributed by atoms with Crippen molar-refractivity contribution < 1.29 is 22.7 Å². The van der Waals surface area contributed by atoms with Gasteiger partial charge in [-0.05, 0) is 45.0 Å². The van der Waals surface area contributed by atoms with E-state index >= 15 is 0 Å². The first-order chi connectivity index (χ1) is 11.0. The van der Waals surface area contributed by atoms with Crippen molar-refractivity contribution in [3.05, 3.63) is 41.7 Å². The number of hydrogen-bond donors (Lipinski definition) is 0. The molecule has 2 rings (SSSR count). The zero-order valence-corrected chi connectivity index (χ0v) is 13.2. The Hall–Kier alpha value is -2.82. The summed E-state index contributed by atoms with van der Waals surface area (Å²) >= 11 is 0. The van der Waals surface area contributed by atoms with Gasteiger partial charge in [0.1, 0.15) is 11.4 Å². The van der Waals surface area contributed by atoms with Gasteiger partial charge in [0.15, 0.2) is 5.69 Å². The van der Waals surface area contributed by atoms with Crippen LogP contribution in [0.15, 0.2) is 30.5 Å². The van der Waals surface area contributed by atoms with Crippen molar-refractivity contribution in [2.75, 3.05) is 0 Å². The van der Waals surface area contributed by atoms with Crippen LogP contribution in [-0.4, -0.2) is 21.2 Å². The molecule has 0 saturated carbocycles. The van der Waals surface area contributed by atoms with Crippen molar-refractivity contribution in [1.29, 1.82) is 5.26 Å². The number of aromatic nitrogens is 2. The number of rotatable bonds is 1. The number of hydrogen-bond acceptors (Lipinski definition) is 4. The first-order valence-electron chi connectivity index (χ1n) is 6.92. The number of halogens is 3. The quantitative estimate of drug-likeness (QED) is 0.781. The maximum absolute atomic E-state index is 13.2. The van der Waals surface area contributed by atoms with Crippen LogP contribution in [-0.2, 0) is 10.9 Å². The molecule has 5 nitrogen and oxygen atoms in total. The van der Waals surface area contributed by atoms with Gasteiger partial charge < -0.3 is 4.74 Å². The number of ether oxygens (including phenoxy) is 1. The molecule has 1 aromatic carbocycles. The molecular formula is C16H14F3N3O2. The molecule has 0 spiro atoms. The molecule has 0 bridgehead atoms. The van der Waals surface area contributed by atoms with Gasteiger partial charge in [0.05, 0.1) is 17.8 Å². The zero-order chi connectivity index (χ0) is 18.1. The van der Waals surface area contributed by atoms with E-state index in [9.17, 15) is 18.0 Å². The third kappa shape index (κ3) is 3.74. The van der Waals surface area contributed by atoms with Crippen LogP contribution in [0.3, 0.4) is 0 Å². The summed E-state index contributed by atoms with van der Waals surface area (Å²) in [4.78, 5) is 16.0. The van der Waals surface area contributed by atoms with Crippen molar-refractivity contribution in [1.82, 2.24) is 9.55 Å². The third-order valence-corrected chi connectivity index (χ3v) is 2.90. The number of nitrogens with zero attached hydrogens (tertiary/aromatic N) is 3. The Morgan fingerprint density at radius 3 is 2.25 bits per heavy atom. The first kappa shape index (κ1) is 17.5. The molecule has 24 heavy (non-hydrogen) atoms. The highest BCUT2D eigenvalue weighted by Crippen LogP contribution is 2.33. The summed E-state index contributed by atoms with van der Waals surface area (Å²) in [6.45, 7) is 4.66. The van der Waals surface area contributed by atoms with Gasteiger partial charge in [0.2, 0.25) is 0 Å². The van der Waals surface area contributed by atoms with Crippen molar-refractivity contribution in [3.63, 3.8) is 0 Å². The zero-order valence-electron chi connectivity index (χ0n) is 13.2. The van der Waals surface area contributed by atoms with Gasteiger partial charge in [-0.3, -0.25) is 0 Å². The Kier molecular flexibility index (Phi) is 4.38. The van der Waals surface area contributed by atoms with E-state index in [1.807, 2.05) is 6.07 Å². The fourth-order valence-electron chi connectivity index (χ4n) is 1.94. The Labute approximate surface area is 136 Å². The van der Waals surface area contributed by atoms with E-state index in [0.717, 1.165) is 0 Å². The summed E-state index contributed by atoms with van der Waals surface area (Å²) in [5, 5.41) is 8.79. The molecular weight excluding hydrogens is 323 g/mol. The molecule has 0 amide bonds. The SMILES string of the molecule is CC(C)(C)OC(=O)n1c(C(F)(F)F)cnc1-c1ccc(C#N)cc1. The molecule has 0 aliphatic rings. The molecule has 2 aromatic rings. The van der Waals surface area contributed by atoms with Gasteiger partial charge in [-0.1, -0.05) is 0 Å². The van der Waals surface area contributed by atoms with E-state index in [1.54, 1.807) is 20.8 Å². The molecule has 0 unspecified atom stereocenters. The molecule has 0 N–H and O–H groups in total. The van der Waals surface area contributed by atoms with Gasteiger partial charge in [0.25, 0.3) is 0 Å². The van der Waals surface area contributed by atoms with Crippen LogP contribution < -0.4 is 0 Å². The van der Waals surface area contributed by atoms with E-state index in [2.05, 4.69) is 4.98 Å². The number of imidazole rings is 1. The highest BCUT2D eigenvalue weighted by atomic mass is 19.4. The molecule has 1 heterocycles. The molecule has 1 aromatic heterocycles. The lowest BCUT2D eigenvalue weighted by molar-refractivity contribution is -0.143. The van der Waals surface area contributed by atoms with Crippen LogP contribution >= 0.6 is 0 Å².